The molecule has 0 aliphatic heterocycles. The van der Waals surface area contributed by atoms with Crippen LogP contribution in [0.15, 0.2) is 47.4 Å². The van der Waals surface area contributed by atoms with Crippen LogP contribution in [0.25, 0.3) is 11.1 Å². The molecular weight excluding hydrogens is 248 g/mol. The summed E-state index contributed by atoms with van der Waals surface area (Å²) < 4.78 is 21.6. The number of nitrogens with two attached hydrogens (primary N) is 2. The van der Waals surface area contributed by atoms with E-state index in [1.165, 1.54) is 12.1 Å². The first kappa shape index (κ1) is 12.8. The van der Waals surface area contributed by atoms with Gasteiger partial charge in [-0.2, -0.15) is 0 Å². The summed E-state index contributed by atoms with van der Waals surface area (Å²) >= 11 is -2.26. The molecule has 1 unspecified atom stereocenters. The van der Waals surface area contributed by atoms with E-state index in [-0.39, 0.29) is 4.90 Å². The van der Waals surface area contributed by atoms with Crippen LogP contribution in [0.1, 0.15) is 5.56 Å². The summed E-state index contributed by atoms with van der Waals surface area (Å²) in [4.78, 5) is 0.190. The first-order chi connectivity index (χ1) is 8.61. The van der Waals surface area contributed by atoms with Crippen LogP contribution in [0, 0.1) is 0 Å². The van der Waals surface area contributed by atoms with Gasteiger partial charge in [-0.15, -0.1) is 0 Å². The zero-order valence-corrected chi connectivity index (χ0v) is 10.4. The van der Waals surface area contributed by atoms with Crippen LogP contribution in [0.3, 0.4) is 0 Å². The first-order valence-corrected chi connectivity index (χ1v) is 6.47. The number of hydrogen-bond donors (Lipinski definition) is 2. The lowest BCUT2D eigenvalue weighted by Crippen LogP contribution is -1.97. The van der Waals surface area contributed by atoms with E-state index in [1.54, 1.807) is 6.07 Å². The molecule has 0 aliphatic rings. The van der Waals surface area contributed by atoms with Gasteiger partial charge in [-0.1, -0.05) is 30.3 Å². The van der Waals surface area contributed by atoms with Gasteiger partial charge in [0, 0.05) is 22.7 Å². The van der Waals surface area contributed by atoms with Gasteiger partial charge >= 0.3 is 0 Å². The minimum absolute atomic E-state index is 0.190. The van der Waals surface area contributed by atoms with Crippen molar-refractivity contribution in [2.45, 2.75) is 11.4 Å². The molecule has 0 aromatic heterocycles. The topological polar surface area (TPSA) is 92.2 Å². The van der Waals surface area contributed by atoms with E-state index in [9.17, 15) is 8.76 Å². The van der Waals surface area contributed by atoms with E-state index in [0.29, 0.717) is 12.2 Å². The molecule has 0 heterocycles. The van der Waals surface area contributed by atoms with Crippen LogP contribution >= 0.6 is 0 Å². The van der Waals surface area contributed by atoms with E-state index in [2.05, 4.69) is 0 Å². The maximum Gasteiger partial charge on any atom is 0.0405 e. The molecule has 0 amide bonds. The molecule has 0 bridgehead atoms. The van der Waals surface area contributed by atoms with Gasteiger partial charge in [-0.3, -0.25) is 4.21 Å². The summed E-state index contributed by atoms with van der Waals surface area (Å²) in [7, 11) is 0. The Morgan fingerprint density at radius 3 is 2.28 bits per heavy atom. The van der Waals surface area contributed by atoms with Crippen molar-refractivity contribution in [3.63, 3.8) is 0 Å². The number of nitrogen functional groups attached to an aromatic ring is 1. The third-order valence-electron chi connectivity index (χ3n) is 2.72. The van der Waals surface area contributed by atoms with Crippen LogP contribution in [-0.2, 0) is 17.6 Å². The monoisotopic (exact) mass is 261 g/mol. The van der Waals surface area contributed by atoms with Gasteiger partial charge in [0.15, 0.2) is 0 Å². The van der Waals surface area contributed by atoms with E-state index in [1.807, 2.05) is 24.3 Å². The molecule has 94 valence electrons. The highest BCUT2D eigenvalue weighted by molar-refractivity contribution is 7.79. The Bertz CT molecular complexity index is 582. The Balaban J connectivity index is 2.41. The third kappa shape index (κ3) is 2.59. The minimum Gasteiger partial charge on any atom is -0.768 e. The van der Waals surface area contributed by atoms with Crippen LogP contribution in [0.5, 0.6) is 0 Å². The van der Waals surface area contributed by atoms with Crippen molar-refractivity contribution in [2.75, 3.05) is 5.73 Å². The second-order valence-corrected chi connectivity index (χ2v) is 4.83. The van der Waals surface area contributed by atoms with E-state index < -0.39 is 11.1 Å². The van der Waals surface area contributed by atoms with E-state index >= 15 is 0 Å². The smallest absolute Gasteiger partial charge is 0.0405 e. The normalized spacial score (nSPS) is 12.3. The SMILES string of the molecule is NCc1ccc(-c2ccc(S(=O)[O-])cc2N)cc1. The molecule has 0 fully saturated rings. The fraction of sp³-hybridized carbons (Fsp3) is 0.0769. The van der Waals surface area contributed by atoms with Crippen LogP contribution < -0.4 is 11.5 Å². The number of benzene rings is 2. The maximum atomic E-state index is 10.8. The van der Waals surface area contributed by atoms with Gasteiger partial charge in [0.05, 0.1) is 0 Å². The minimum atomic E-state index is -2.26. The number of anilines is 1. The van der Waals surface area contributed by atoms with Crippen molar-refractivity contribution in [1.82, 2.24) is 0 Å². The van der Waals surface area contributed by atoms with Gasteiger partial charge in [-0.05, 0) is 34.3 Å². The second kappa shape index (κ2) is 5.30. The second-order valence-electron chi connectivity index (χ2n) is 3.88. The van der Waals surface area contributed by atoms with Crippen molar-refractivity contribution in [1.29, 1.82) is 0 Å². The molecule has 4 nitrogen and oxygen atoms in total. The Kier molecular flexibility index (Phi) is 3.76. The van der Waals surface area contributed by atoms with Gasteiger partial charge in [0.2, 0.25) is 0 Å². The summed E-state index contributed by atoms with van der Waals surface area (Å²) in [5.41, 5.74) is 14.6. The van der Waals surface area contributed by atoms with E-state index in [0.717, 1.165) is 16.7 Å². The average Bonchev–Trinajstić information content (AvgIpc) is 2.38. The lowest BCUT2D eigenvalue weighted by atomic mass is 10.0. The highest BCUT2D eigenvalue weighted by Crippen LogP contribution is 2.27. The van der Waals surface area contributed by atoms with Gasteiger partial charge in [-0.25, -0.2) is 0 Å². The zero-order chi connectivity index (χ0) is 13.1. The molecule has 2 aromatic rings. The van der Waals surface area contributed by atoms with Crippen molar-refractivity contribution in [3.8, 4) is 11.1 Å². The molecule has 2 rings (SSSR count). The Labute approximate surface area is 108 Å². The number of rotatable bonds is 3. The third-order valence-corrected chi connectivity index (χ3v) is 3.35. The van der Waals surface area contributed by atoms with Gasteiger partial charge in [0.1, 0.15) is 0 Å². The van der Waals surface area contributed by atoms with Crippen LogP contribution in [0.2, 0.25) is 0 Å². The largest absolute Gasteiger partial charge is 0.768 e. The molecule has 0 saturated heterocycles. The summed E-state index contributed by atoms with van der Waals surface area (Å²) in [6.45, 7) is 0.490. The molecule has 0 aliphatic carbocycles. The average molecular weight is 261 g/mol. The highest BCUT2D eigenvalue weighted by Gasteiger charge is 2.04. The summed E-state index contributed by atoms with van der Waals surface area (Å²) in [6, 6.07) is 12.4. The quantitative estimate of drug-likeness (QED) is 0.649. The fourth-order valence-corrected chi connectivity index (χ4v) is 2.13. The molecule has 18 heavy (non-hydrogen) atoms. The zero-order valence-electron chi connectivity index (χ0n) is 9.63. The predicted octanol–water partition coefficient (Wildman–Crippen LogP) is 1.63. The first-order valence-electron chi connectivity index (χ1n) is 5.40. The Morgan fingerprint density at radius 1 is 1.11 bits per heavy atom. The summed E-state index contributed by atoms with van der Waals surface area (Å²) in [6.07, 6.45) is 0. The lowest BCUT2D eigenvalue weighted by Gasteiger charge is -2.10. The molecule has 1 atom stereocenters. The van der Waals surface area contributed by atoms with Crippen LogP contribution in [-0.4, -0.2) is 8.76 Å². The van der Waals surface area contributed by atoms with Crippen molar-refractivity contribution in [3.05, 3.63) is 48.0 Å². The molecule has 0 spiro atoms. The van der Waals surface area contributed by atoms with Crippen LogP contribution in [0.4, 0.5) is 5.69 Å². The summed E-state index contributed by atoms with van der Waals surface area (Å²) in [5.74, 6) is 0. The summed E-state index contributed by atoms with van der Waals surface area (Å²) in [5, 5.41) is 0. The molecule has 0 radical (unpaired) electrons. The highest BCUT2D eigenvalue weighted by atomic mass is 32.2. The van der Waals surface area contributed by atoms with Gasteiger partial charge in [0.25, 0.3) is 0 Å². The standard InChI is InChI=1S/C13H14N2O2S/c14-8-9-1-3-10(4-2-9)12-6-5-11(18(16)17)7-13(12)15/h1-7H,8,14-15H2,(H,16,17)/p-1. The van der Waals surface area contributed by atoms with Crippen molar-refractivity contribution < 1.29 is 8.76 Å². The number of hydrogen-bond acceptors (Lipinski definition) is 4. The molecule has 0 saturated carbocycles. The maximum absolute atomic E-state index is 10.8. The Morgan fingerprint density at radius 2 is 1.78 bits per heavy atom. The Hall–Kier alpha value is -1.69. The van der Waals surface area contributed by atoms with Crippen molar-refractivity contribution in [2.24, 2.45) is 5.73 Å². The fourth-order valence-electron chi connectivity index (χ4n) is 1.73. The van der Waals surface area contributed by atoms with E-state index in [4.69, 9.17) is 11.5 Å². The van der Waals surface area contributed by atoms with Crippen molar-refractivity contribution >= 4 is 16.8 Å². The predicted molar refractivity (Wildman–Crippen MR) is 71.4 cm³/mol. The molecule has 5 heteroatoms. The molecule has 2 aromatic carbocycles. The lowest BCUT2D eigenvalue weighted by molar-refractivity contribution is 0.537. The molecular formula is C13H13N2O2S-. The van der Waals surface area contributed by atoms with Gasteiger partial charge < -0.3 is 16.0 Å². The molecule has 4 N–H and O–H groups in total.